The second-order valence-electron chi connectivity index (χ2n) is 7.55. The van der Waals surface area contributed by atoms with Gasteiger partial charge >= 0.3 is 5.97 Å². The molecule has 1 aromatic rings. The maximum Gasteiger partial charge on any atom is 0.313 e. The fourth-order valence-corrected chi connectivity index (χ4v) is 4.58. The number of esters is 1. The minimum Gasteiger partial charge on any atom is -0.448 e. The van der Waals surface area contributed by atoms with E-state index in [2.05, 4.69) is 10.3 Å². The van der Waals surface area contributed by atoms with Crippen LogP contribution in [-0.2, 0) is 24.3 Å². The van der Waals surface area contributed by atoms with Gasteiger partial charge in [-0.2, -0.15) is 0 Å². The van der Waals surface area contributed by atoms with Crippen molar-refractivity contribution >= 4 is 21.9 Å². The Kier molecular flexibility index (Phi) is 3.78. The van der Waals surface area contributed by atoms with Crippen molar-refractivity contribution in [2.75, 3.05) is 0 Å². The molecular weight excluding hydrogens is 344 g/mol. The summed E-state index contributed by atoms with van der Waals surface area (Å²) in [5.41, 5.74) is 0.303. The van der Waals surface area contributed by atoms with E-state index in [0.717, 1.165) is 5.56 Å². The van der Waals surface area contributed by atoms with Crippen LogP contribution in [0.3, 0.4) is 0 Å². The van der Waals surface area contributed by atoms with Gasteiger partial charge in [0.1, 0.15) is 0 Å². The smallest absolute Gasteiger partial charge is 0.313 e. The van der Waals surface area contributed by atoms with Gasteiger partial charge in [0, 0.05) is 5.41 Å². The monoisotopic (exact) mass is 366 g/mol. The SMILES string of the molecule is Cc1ccc(S(=O)(=O)NNC(=O)C23CCC(C)(C(=O)O2)C3(C)C)cc1. The van der Waals surface area contributed by atoms with E-state index in [1.54, 1.807) is 32.9 Å². The van der Waals surface area contributed by atoms with Crippen molar-refractivity contribution in [3.63, 3.8) is 0 Å². The number of carbonyl (C=O) groups excluding carboxylic acids is 2. The number of hydrazine groups is 1. The number of carbonyl (C=O) groups is 2. The first kappa shape index (κ1) is 17.9. The predicted molar refractivity (Wildman–Crippen MR) is 89.6 cm³/mol. The molecule has 2 fully saturated rings. The molecule has 2 unspecified atom stereocenters. The molecular formula is C17H22N2O5S. The lowest BCUT2D eigenvalue weighted by atomic mass is 9.66. The maximum atomic E-state index is 12.7. The van der Waals surface area contributed by atoms with Crippen LogP contribution in [0.15, 0.2) is 29.2 Å². The zero-order valence-corrected chi connectivity index (χ0v) is 15.5. The molecule has 1 aliphatic heterocycles. The highest BCUT2D eigenvalue weighted by Gasteiger charge is 2.75. The molecule has 1 heterocycles. The average Bonchev–Trinajstić information content (AvgIpc) is 2.83. The first-order chi connectivity index (χ1) is 11.5. The van der Waals surface area contributed by atoms with Gasteiger partial charge in [-0.1, -0.05) is 31.5 Å². The third-order valence-electron chi connectivity index (χ3n) is 6.08. The van der Waals surface area contributed by atoms with Gasteiger partial charge in [-0.25, -0.2) is 8.42 Å². The first-order valence-corrected chi connectivity index (χ1v) is 9.57. The minimum atomic E-state index is -3.91. The van der Waals surface area contributed by atoms with Crippen molar-refractivity contribution in [2.24, 2.45) is 10.8 Å². The van der Waals surface area contributed by atoms with Gasteiger partial charge in [0.25, 0.3) is 15.9 Å². The Morgan fingerprint density at radius 3 is 2.20 bits per heavy atom. The van der Waals surface area contributed by atoms with Crippen molar-refractivity contribution < 1.29 is 22.7 Å². The first-order valence-electron chi connectivity index (χ1n) is 8.09. The van der Waals surface area contributed by atoms with Crippen LogP contribution >= 0.6 is 0 Å². The molecule has 2 N–H and O–H groups in total. The van der Waals surface area contributed by atoms with Crippen LogP contribution in [0.5, 0.6) is 0 Å². The van der Waals surface area contributed by atoms with Crippen LogP contribution in [0, 0.1) is 17.8 Å². The van der Waals surface area contributed by atoms with Crippen molar-refractivity contribution in [3.05, 3.63) is 29.8 Å². The molecule has 1 aliphatic carbocycles. The Bertz CT molecular complexity index is 846. The van der Waals surface area contributed by atoms with Crippen LogP contribution in [0.25, 0.3) is 0 Å². The molecule has 0 radical (unpaired) electrons. The molecule has 3 rings (SSSR count). The van der Waals surface area contributed by atoms with E-state index in [-0.39, 0.29) is 4.90 Å². The summed E-state index contributed by atoms with van der Waals surface area (Å²) in [7, 11) is -3.91. The van der Waals surface area contributed by atoms with Crippen LogP contribution in [0.1, 0.15) is 39.2 Å². The summed E-state index contributed by atoms with van der Waals surface area (Å²) in [6.45, 7) is 7.24. The van der Waals surface area contributed by atoms with E-state index in [9.17, 15) is 18.0 Å². The van der Waals surface area contributed by atoms with Crippen molar-refractivity contribution in [2.45, 2.75) is 51.0 Å². The van der Waals surface area contributed by atoms with Gasteiger partial charge in [0.05, 0.1) is 10.3 Å². The Morgan fingerprint density at radius 2 is 1.72 bits per heavy atom. The number of hydrogen-bond acceptors (Lipinski definition) is 5. The number of sulfonamides is 1. The molecule has 8 heteroatoms. The molecule has 0 aromatic heterocycles. The lowest BCUT2D eigenvalue weighted by Crippen LogP contribution is -2.57. The van der Waals surface area contributed by atoms with Gasteiger partial charge < -0.3 is 4.74 Å². The molecule has 7 nitrogen and oxygen atoms in total. The molecule has 1 amide bonds. The molecule has 1 aromatic carbocycles. The minimum absolute atomic E-state index is 0.0369. The van der Waals surface area contributed by atoms with Crippen LogP contribution < -0.4 is 10.3 Å². The fraction of sp³-hybridized carbons (Fsp3) is 0.529. The maximum absolute atomic E-state index is 12.7. The molecule has 25 heavy (non-hydrogen) atoms. The molecule has 136 valence electrons. The number of fused-ring (bicyclic) bond motifs is 2. The number of aryl methyl sites for hydroxylation is 1. The van der Waals surface area contributed by atoms with E-state index < -0.39 is 38.3 Å². The Hall–Kier alpha value is -1.93. The molecule has 2 aliphatic rings. The molecule has 1 saturated heterocycles. The van der Waals surface area contributed by atoms with Gasteiger partial charge in [-0.3, -0.25) is 15.0 Å². The number of hydrogen-bond donors (Lipinski definition) is 2. The Balaban J connectivity index is 1.80. The quantitative estimate of drug-likeness (QED) is 0.620. The lowest BCUT2D eigenvalue weighted by molar-refractivity contribution is -0.168. The summed E-state index contributed by atoms with van der Waals surface area (Å²) in [4.78, 5) is 27.1. The second kappa shape index (κ2) is 5.28. The van der Waals surface area contributed by atoms with Gasteiger partial charge in [0.2, 0.25) is 0 Å². The largest absolute Gasteiger partial charge is 0.448 e. The normalized spacial score (nSPS) is 30.2. The summed E-state index contributed by atoms with van der Waals surface area (Å²) in [5, 5.41) is 0. The highest BCUT2D eigenvalue weighted by molar-refractivity contribution is 7.89. The second-order valence-corrected chi connectivity index (χ2v) is 9.23. The highest BCUT2D eigenvalue weighted by Crippen LogP contribution is 2.65. The fourth-order valence-electron chi connectivity index (χ4n) is 3.74. The van der Waals surface area contributed by atoms with Crippen LogP contribution in [0.4, 0.5) is 0 Å². The van der Waals surface area contributed by atoms with Gasteiger partial charge in [-0.05, 0) is 38.8 Å². The third kappa shape index (κ3) is 2.31. The van der Waals surface area contributed by atoms with Crippen LogP contribution in [0.2, 0.25) is 0 Å². The number of nitrogens with one attached hydrogen (secondary N) is 2. The number of amides is 1. The number of rotatable bonds is 4. The summed E-state index contributed by atoms with van der Waals surface area (Å²) in [6, 6.07) is 6.24. The van der Waals surface area contributed by atoms with Gasteiger partial charge in [0.15, 0.2) is 5.60 Å². The lowest BCUT2D eigenvalue weighted by Gasteiger charge is -2.35. The van der Waals surface area contributed by atoms with E-state index in [1.165, 1.54) is 12.1 Å². The summed E-state index contributed by atoms with van der Waals surface area (Å²) in [5.74, 6) is -1.07. The Labute approximate surface area is 147 Å². The molecule has 2 atom stereocenters. The summed E-state index contributed by atoms with van der Waals surface area (Å²) < 4.78 is 30.1. The van der Waals surface area contributed by atoms with E-state index >= 15 is 0 Å². The number of ether oxygens (including phenoxy) is 1. The standard InChI is InChI=1S/C17H22N2O5S/c1-11-5-7-12(8-6-11)25(22,23)19-18-13(20)17-10-9-16(4,14(21)24-17)15(17,2)3/h5-8,19H,9-10H2,1-4H3,(H,18,20). The third-order valence-corrected chi connectivity index (χ3v) is 7.34. The zero-order chi connectivity index (χ0) is 18.7. The average molecular weight is 366 g/mol. The van der Waals surface area contributed by atoms with Gasteiger partial charge in [-0.15, -0.1) is 4.83 Å². The topological polar surface area (TPSA) is 102 Å². The molecule has 1 saturated carbocycles. The zero-order valence-electron chi connectivity index (χ0n) is 14.7. The summed E-state index contributed by atoms with van der Waals surface area (Å²) in [6.07, 6.45) is 0.886. The highest BCUT2D eigenvalue weighted by atomic mass is 32.2. The predicted octanol–water partition coefficient (Wildman–Crippen LogP) is 1.43. The molecule has 2 bridgehead atoms. The Morgan fingerprint density at radius 1 is 1.12 bits per heavy atom. The summed E-state index contributed by atoms with van der Waals surface area (Å²) >= 11 is 0. The number of benzene rings is 1. The van der Waals surface area contributed by atoms with E-state index in [0.29, 0.717) is 12.8 Å². The van der Waals surface area contributed by atoms with Crippen molar-refractivity contribution in [1.82, 2.24) is 10.3 Å². The van der Waals surface area contributed by atoms with Crippen LogP contribution in [-0.4, -0.2) is 25.9 Å². The van der Waals surface area contributed by atoms with E-state index in [4.69, 9.17) is 4.74 Å². The van der Waals surface area contributed by atoms with Crippen molar-refractivity contribution in [1.29, 1.82) is 0 Å². The van der Waals surface area contributed by atoms with E-state index in [1.807, 2.05) is 6.92 Å². The van der Waals surface area contributed by atoms with Crippen molar-refractivity contribution in [3.8, 4) is 0 Å². The molecule has 0 spiro atoms.